The van der Waals surface area contributed by atoms with Crippen molar-refractivity contribution in [3.05, 3.63) is 58.5 Å². The fourth-order valence-electron chi connectivity index (χ4n) is 4.69. The van der Waals surface area contributed by atoms with Crippen LogP contribution in [-0.4, -0.2) is 26.5 Å². The molecule has 0 bridgehead atoms. The molecule has 1 aliphatic heterocycles. The largest absolute Gasteiger partial charge is 0.454 e. The van der Waals surface area contributed by atoms with Gasteiger partial charge in [0.25, 0.3) is 5.56 Å². The van der Waals surface area contributed by atoms with Gasteiger partial charge in [-0.25, -0.2) is 9.37 Å². The predicted octanol–water partition coefficient (Wildman–Crippen LogP) is 5.50. The van der Waals surface area contributed by atoms with Crippen molar-refractivity contribution >= 4 is 22.7 Å². The van der Waals surface area contributed by atoms with E-state index in [0.717, 1.165) is 25.7 Å². The number of hydrogen-bond donors (Lipinski definition) is 0. The molecule has 2 aromatic carbocycles. The van der Waals surface area contributed by atoms with Gasteiger partial charge in [0.1, 0.15) is 5.82 Å². The number of nitrogens with zero attached hydrogens (tertiary/aromatic N) is 4. The Hall–Kier alpha value is -3.40. The molecule has 1 aliphatic carbocycles. The summed E-state index contributed by atoms with van der Waals surface area (Å²) in [6.07, 6.45) is 6.41. The van der Waals surface area contributed by atoms with E-state index in [1.807, 2.05) is 4.57 Å². The molecule has 35 heavy (non-hydrogen) atoms. The van der Waals surface area contributed by atoms with Gasteiger partial charge in [0, 0.05) is 17.7 Å². The third kappa shape index (κ3) is 4.38. The first-order chi connectivity index (χ1) is 17.2. The Morgan fingerprint density at radius 3 is 2.63 bits per heavy atom. The summed E-state index contributed by atoms with van der Waals surface area (Å²) in [5, 5.41) is 5.12. The van der Waals surface area contributed by atoms with E-state index in [1.54, 1.807) is 24.3 Å². The summed E-state index contributed by atoms with van der Waals surface area (Å²) < 4.78 is 31.8. The van der Waals surface area contributed by atoms with Crippen LogP contribution < -0.4 is 15.0 Å². The van der Waals surface area contributed by atoms with E-state index in [9.17, 15) is 9.18 Å². The predicted molar refractivity (Wildman–Crippen MR) is 128 cm³/mol. The van der Waals surface area contributed by atoms with E-state index in [0.29, 0.717) is 50.6 Å². The van der Waals surface area contributed by atoms with Crippen LogP contribution in [0.4, 0.5) is 4.39 Å². The van der Waals surface area contributed by atoms with Crippen LogP contribution in [0, 0.1) is 5.82 Å². The zero-order chi connectivity index (χ0) is 23.8. The number of ether oxygens (including phenoxy) is 2. The molecule has 1 saturated carbocycles. The van der Waals surface area contributed by atoms with Crippen LogP contribution in [0.5, 0.6) is 11.5 Å². The van der Waals surface area contributed by atoms with E-state index in [-0.39, 0.29) is 24.2 Å². The molecule has 0 unspecified atom stereocenters. The number of benzene rings is 2. The van der Waals surface area contributed by atoms with Crippen LogP contribution in [0.25, 0.3) is 22.3 Å². The van der Waals surface area contributed by atoms with Crippen molar-refractivity contribution in [1.29, 1.82) is 0 Å². The quantitative estimate of drug-likeness (QED) is 0.204. The highest BCUT2D eigenvalue weighted by Crippen LogP contribution is 2.37. The molecular formula is C25H23FN4O4S. The van der Waals surface area contributed by atoms with Gasteiger partial charge >= 0.3 is 0 Å². The van der Waals surface area contributed by atoms with Gasteiger partial charge in [0.2, 0.25) is 18.5 Å². The highest BCUT2D eigenvalue weighted by atomic mass is 32.2. The molecule has 10 heteroatoms. The number of aromatic nitrogens is 4. The van der Waals surface area contributed by atoms with Crippen molar-refractivity contribution in [2.75, 3.05) is 6.79 Å². The van der Waals surface area contributed by atoms with Crippen LogP contribution in [-0.2, 0) is 5.75 Å². The van der Waals surface area contributed by atoms with Gasteiger partial charge in [0.15, 0.2) is 16.7 Å². The Morgan fingerprint density at radius 2 is 1.83 bits per heavy atom. The molecule has 0 N–H and O–H groups in total. The first kappa shape index (κ1) is 22.1. The van der Waals surface area contributed by atoms with E-state index >= 15 is 0 Å². The van der Waals surface area contributed by atoms with Crippen LogP contribution >= 0.6 is 11.8 Å². The second kappa shape index (κ2) is 9.33. The second-order valence-electron chi connectivity index (χ2n) is 8.75. The summed E-state index contributed by atoms with van der Waals surface area (Å²) in [6, 6.07) is 9.63. The van der Waals surface area contributed by atoms with Crippen molar-refractivity contribution in [3.63, 3.8) is 0 Å². The van der Waals surface area contributed by atoms with Gasteiger partial charge in [0.05, 0.1) is 16.7 Å². The van der Waals surface area contributed by atoms with Gasteiger partial charge in [-0.1, -0.05) is 54.7 Å². The zero-order valence-electron chi connectivity index (χ0n) is 18.9. The van der Waals surface area contributed by atoms with Crippen LogP contribution in [0.15, 0.2) is 50.9 Å². The number of halogens is 1. The molecule has 2 aliphatic rings. The van der Waals surface area contributed by atoms with Gasteiger partial charge in [-0.3, -0.25) is 9.36 Å². The van der Waals surface area contributed by atoms with Gasteiger partial charge in [-0.15, -0.1) is 0 Å². The lowest BCUT2D eigenvalue weighted by atomic mass is 10.1. The van der Waals surface area contributed by atoms with Crippen molar-refractivity contribution in [1.82, 2.24) is 19.7 Å². The van der Waals surface area contributed by atoms with Gasteiger partial charge in [-0.05, 0) is 31.0 Å². The number of hydrogen-bond acceptors (Lipinski definition) is 8. The maximum atomic E-state index is 13.7. The zero-order valence-corrected chi connectivity index (χ0v) is 19.7. The summed E-state index contributed by atoms with van der Waals surface area (Å²) in [6.45, 7) is 0.134. The fraction of sp³-hybridized carbons (Fsp3) is 0.360. The van der Waals surface area contributed by atoms with Gasteiger partial charge < -0.3 is 14.0 Å². The molecule has 6 rings (SSSR count). The number of fused-ring (bicyclic) bond motifs is 2. The maximum absolute atomic E-state index is 13.7. The number of thioether (sulfide) groups is 1. The average Bonchev–Trinajstić information content (AvgIpc) is 3.44. The molecule has 4 aromatic rings. The molecule has 180 valence electrons. The first-order valence-corrected chi connectivity index (χ1v) is 12.7. The summed E-state index contributed by atoms with van der Waals surface area (Å²) in [7, 11) is 0. The molecule has 1 fully saturated rings. The molecule has 0 radical (unpaired) electrons. The highest BCUT2D eigenvalue weighted by Gasteiger charge is 2.24. The fourth-order valence-corrected chi connectivity index (χ4v) is 5.60. The standard InChI is InChI=1S/C25H23FN4O4S/c26-16-7-5-6-15(10-16)23-28-22(34-29-23)13-35-25-27-19-12-21-20(32-14-33-21)11-18(19)24(31)30(25)17-8-3-1-2-4-9-17/h5-7,10-12,17H,1-4,8-9,13-14H2. The van der Waals surface area contributed by atoms with Crippen molar-refractivity contribution < 1.29 is 18.4 Å². The van der Waals surface area contributed by atoms with E-state index in [2.05, 4.69) is 10.1 Å². The maximum Gasteiger partial charge on any atom is 0.262 e. The lowest BCUT2D eigenvalue weighted by molar-refractivity contribution is 0.174. The minimum atomic E-state index is -0.364. The molecule has 3 heterocycles. The Kier molecular flexibility index (Phi) is 5.89. The van der Waals surface area contributed by atoms with Crippen molar-refractivity contribution in [2.24, 2.45) is 0 Å². The van der Waals surface area contributed by atoms with E-state index < -0.39 is 0 Å². The summed E-state index contributed by atoms with van der Waals surface area (Å²) in [5.41, 5.74) is 1.03. The van der Waals surface area contributed by atoms with Crippen molar-refractivity contribution in [3.8, 4) is 22.9 Å². The van der Waals surface area contributed by atoms with E-state index in [4.69, 9.17) is 19.0 Å². The molecule has 0 atom stereocenters. The monoisotopic (exact) mass is 494 g/mol. The minimum Gasteiger partial charge on any atom is -0.454 e. The Bertz CT molecular complexity index is 1450. The first-order valence-electron chi connectivity index (χ1n) is 11.7. The molecule has 8 nitrogen and oxygen atoms in total. The smallest absolute Gasteiger partial charge is 0.262 e. The normalized spacial score (nSPS) is 16.0. The molecular weight excluding hydrogens is 471 g/mol. The molecule has 0 spiro atoms. The summed E-state index contributed by atoms with van der Waals surface area (Å²) in [4.78, 5) is 23.0. The Labute approximate surface area is 204 Å². The molecule has 2 aromatic heterocycles. The van der Waals surface area contributed by atoms with Crippen LogP contribution in [0.1, 0.15) is 50.5 Å². The van der Waals surface area contributed by atoms with Crippen LogP contribution in [0.3, 0.4) is 0 Å². The third-order valence-corrected chi connectivity index (χ3v) is 7.37. The molecule has 0 amide bonds. The summed E-state index contributed by atoms with van der Waals surface area (Å²) in [5.74, 6) is 1.82. The van der Waals surface area contributed by atoms with Crippen molar-refractivity contribution in [2.45, 2.75) is 55.5 Å². The minimum absolute atomic E-state index is 0.0753. The average molecular weight is 495 g/mol. The van der Waals surface area contributed by atoms with E-state index in [1.165, 1.54) is 36.7 Å². The Morgan fingerprint density at radius 1 is 1.03 bits per heavy atom. The second-order valence-corrected chi connectivity index (χ2v) is 9.69. The highest BCUT2D eigenvalue weighted by molar-refractivity contribution is 7.98. The lowest BCUT2D eigenvalue weighted by Crippen LogP contribution is -2.27. The SMILES string of the molecule is O=c1c2cc3c(cc2nc(SCc2nc(-c4cccc(F)c4)no2)n1C1CCCCCC1)OCO3. The third-order valence-electron chi connectivity index (χ3n) is 6.43. The Balaban J connectivity index is 1.35. The van der Waals surface area contributed by atoms with Gasteiger partial charge in [-0.2, -0.15) is 4.98 Å². The molecule has 0 saturated heterocycles. The summed E-state index contributed by atoms with van der Waals surface area (Å²) >= 11 is 1.38. The topological polar surface area (TPSA) is 92.3 Å². The number of rotatable bonds is 5. The lowest BCUT2D eigenvalue weighted by Gasteiger charge is -2.21. The van der Waals surface area contributed by atoms with Crippen LogP contribution in [0.2, 0.25) is 0 Å².